The van der Waals surface area contributed by atoms with Crippen molar-refractivity contribution in [2.45, 2.75) is 0 Å². The molecule has 0 aliphatic rings. The quantitative estimate of drug-likeness (QED) is 0.721. The van der Waals surface area contributed by atoms with E-state index < -0.39 is 22.9 Å². The van der Waals surface area contributed by atoms with E-state index >= 15 is 0 Å². The fourth-order valence-corrected chi connectivity index (χ4v) is 2.21. The topological polar surface area (TPSA) is 39.4 Å². The van der Waals surface area contributed by atoms with E-state index in [1.165, 1.54) is 13.2 Å². The summed E-state index contributed by atoms with van der Waals surface area (Å²) in [7, 11) is 1.24. The molecule has 0 spiro atoms. The Bertz CT molecular complexity index is 912. The first-order chi connectivity index (χ1) is 10.5. The van der Waals surface area contributed by atoms with Crippen molar-refractivity contribution in [1.82, 2.24) is 0 Å². The Morgan fingerprint density at radius 3 is 2.27 bits per heavy atom. The zero-order valence-electron chi connectivity index (χ0n) is 11.3. The van der Waals surface area contributed by atoms with E-state index in [4.69, 9.17) is 9.15 Å². The first-order valence-electron chi connectivity index (χ1n) is 6.26. The van der Waals surface area contributed by atoms with Crippen LogP contribution in [0.1, 0.15) is 0 Å². The molecular weight excluding hydrogens is 297 g/mol. The fraction of sp³-hybridized carbons (Fsp3) is 0.0625. The van der Waals surface area contributed by atoms with E-state index in [0.29, 0.717) is 6.07 Å². The van der Waals surface area contributed by atoms with Crippen molar-refractivity contribution < 1.29 is 22.3 Å². The van der Waals surface area contributed by atoms with Crippen molar-refractivity contribution in [3.05, 3.63) is 64.1 Å². The summed E-state index contributed by atoms with van der Waals surface area (Å²) in [5.74, 6) is -2.64. The summed E-state index contributed by atoms with van der Waals surface area (Å²) in [6.45, 7) is 0. The molecule has 3 aromatic rings. The maximum Gasteiger partial charge on any atom is 0.235 e. The Morgan fingerprint density at radius 1 is 0.955 bits per heavy atom. The molecule has 0 unspecified atom stereocenters. The molecule has 0 bridgehead atoms. The van der Waals surface area contributed by atoms with Crippen LogP contribution in [0, 0.1) is 17.5 Å². The third kappa shape index (κ3) is 2.32. The molecule has 112 valence electrons. The highest BCUT2D eigenvalue weighted by Crippen LogP contribution is 2.31. The van der Waals surface area contributed by atoms with E-state index in [-0.39, 0.29) is 28.0 Å². The van der Waals surface area contributed by atoms with Crippen molar-refractivity contribution in [3.63, 3.8) is 0 Å². The molecule has 2 aromatic carbocycles. The van der Waals surface area contributed by atoms with E-state index in [1.807, 2.05) is 0 Å². The van der Waals surface area contributed by atoms with Gasteiger partial charge in [-0.3, -0.25) is 4.79 Å². The zero-order chi connectivity index (χ0) is 15.9. The Labute approximate surface area is 122 Å². The minimum atomic E-state index is -0.834. The average molecular weight is 306 g/mol. The number of rotatable bonds is 2. The standard InChI is InChI=1S/C16H9F3O3/c1-21-16-14(20)12-3-2-9(17)7-13(12)22-15(16)8-4-10(18)6-11(19)5-8/h2-7H,1H3. The molecule has 3 nitrogen and oxygen atoms in total. The Morgan fingerprint density at radius 2 is 1.64 bits per heavy atom. The monoisotopic (exact) mass is 306 g/mol. The minimum Gasteiger partial charge on any atom is -0.490 e. The highest BCUT2D eigenvalue weighted by atomic mass is 19.1. The van der Waals surface area contributed by atoms with Crippen LogP contribution in [-0.2, 0) is 0 Å². The first-order valence-corrected chi connectivity index (χ1v) is 6.26. The molecule has 0 aliphatic carbocycles. The van der Waals surface area contributed by atoms with Crippen LogP contribution in [0.15, 0.2) is 45.6 Å². The van der Waals surface area contributed by atoms with Crippen LogP contribution in [-0.4, -0.2) is 7.11 Å². The number of ether oxygens (including phenoxy) is 1. The van der Waals surface area contributed by atoms with Gasteiger partial charge in [-0.15, -0.1) is 0 Å². The van der Waals surface area contributed by atoms with Crippen molar-refractivity contribution >= 4 is 11.0 Å². The number of halogens is 3. The Hall–Kier alpha value is -2.76. The van der Waals surface area contributed by atoms with E-state index in [9.17, 15) is 18.0 Å². The summed E-state index contributed by atoms with van der Waals surface area (Å²) in [5, 5.41) is 0.110. The Balaban J connectivity index is 2.39. The molecule has 3 rings (SSSR count). The second-order valence-electron chi connectivity index (χ2n) is 4.59. The minimum absolute atomic E-state index is 0.0161. The van der Waals surface area contributed by atoms with Gasteiger partial charge in [-0.25, -0.2) is 13.2 Å². The second kappa shape index (κ2) is 5.22. The van der Waals surface area contributed by atoms with Gasteiger partial charge < -0.3 is 9.15 Å². The molecule has 0 amide bonds. The highest BCUT2D eigenvalue weighted by Gasteiger charge is 2.18. The number of methoxy groups -OCH3 is 1. The molecule has 0 fully saturated rings. The molecule has 0 atom stereocenters. The van der Waals surface area contributed by atoms with Gasteiger partial charge in [0.15, 0.2) is 5.76 Å². The lowest BCUT2D eigenvalue weighted by atomic mass is 10.1. The lowest BCUT2D eigenvalue weighted by Gasteiger charge is -2.09. The number of hydrogen-bond donors (Lipinski definition) is 0. The predicted octanol–water partition coefficient (Wildman–Crippen LogP) is 3.89. The molecule has 0 saturated carbocycles. The van der Waals surface area contributed by atoms with Gasteiger partial charge in [-0.2, -0.15) is 0 Å². The molecule has 1 aromatic heterocycles. The summed E-state index contributed by atoms with van der Waals surface area (Å²) < 4.78 is 50.5. The molecule has 0 saturated heterocycles. The summed E-state index contributed by atoms with van der Waals surface area (Å²) in [5.41, 5.74) is -0.605. The van der Waals surface area contributed by atoms with Crippen LogP contribution >= 0.6 is 0 Å². The van der Waals surface area contributed by atoms with Crippen molar-refractivity contribution in [1.29, 1.82) is 0 Å². The second-order valence-corrected chi connectivity index (χ2v) is 4.59. The molecule has 0 N–H and O–H groups in total. The molecule has 1 heterocycles. The third-order valence-corrected chi connectivity index (χ3v) is 3.14. The predicted molar refractivity (Wildman–Crippen MR) is 74.3 cm³/mol. The smallest absolute Gasteiger partial charge is 0.235 e. The maximum atomic E-state index is 13.4. The normalized spacial score (nSPS) is 10.9. The summed E-state index contributed by atoms with van der Waals surface area (Å²) in [6, 6.07) is 6.07. The van der Waals surface area contributed by atoms with Gasteiger partial charge >= 0.3 is 0 Å². The van der Waals surface area contributed by atoms with Gasteiger partial charge in [0.25, 0.3) is 0 Å². The number of benzene rings is 2. The molecule has 0 aliphatic heterocycles. The van der Waals surface area contributed by atoms with Crippen LogP contribution in [0.25, 0.3) is 22.3 Å². The summed E-state index contributed by atoms with van der Waals surface area (Å²) in [4.78, 5) is 12.3. The van der Waals surface area contributed by atoms with Gasteiger partial charge in [0, 0.05) is 17.7 Å². The SMILES string of the molecule is COc1c(-c2cc(F)cc(F)c2)oc2cc(F)ccc2c1=O. The summed E-state index contributed by atoms with van der Waals surface area (Å²) in [6.07, 6.45) is 0. The lowest BCUT2D eigenvalue weighted by molar-refractivity contribution is 0.398. The largest absolute Gasteiger partial charge is 0.490 e. The zero-order valence-corrected chi connectivity index (χ0v) is 11.3. The lowest BCUT2D eigenvalue weighted by Crippen LogP contribution is -2.07. The van der Waals surface area contributed by atoms with Gasteiger partial charge in [0.05, 0.1) is 12.5 Å². The average Bonchev–Trinajstić information content (AvgIpc) is 2.45. The van der Waals surface area contributed by atoms with Crippen LogP contribution in [0.3, 0.4) is 0 Å². The van der Waals surface area contributed by atoms with Crippen LogP contribution in [0.4, 0.5) is 13.2 Å². The van der Waals surface area contributed by atoms with E-state index in [1.54, 1.807) is 0 Å². The number of hydrogen-bond acceptors (Lipinski definition) is 3. The highest BCUT2D eigenvalue weighted by molar-refractivity contribution is 5.82. The molecule has 0 radical (unpaired) electrons. The first kappa shape index (κ1) is 14.2. The van der Waals surface area contributed by atoms with Gasteiger partial charge in [0.2, 0.25) is 11.2 Å². The number of fused-ring (bicyclic) bond motifs is 1. The van der Waals surface area contributed by atoms with Crippen LogP contribution in [0.5, 0.6) is 5.75 Å². The van der Waals surface area contributed by atoms with Gasteiger partial charge in [-0.1, -0.05) is 0 Å². The molecule has 22 heavy (non-hydrogen) atoms. The summed E-state index contributed by atoms with van der Waals surface area (Å²) >= 11 is 0. The molecular formula is C16H9F3O3. The molecule has 6 heteroatoms. The van der Waals surface area contributed by atoms with Crippen LogP contribution in [0.2, 0.25) is 0 Å². The van der Waals surface area contributed by atoms with Crippen molar-refractivity contribution in [3.8, 4) is 17.1 Å². The van der Waals surface area contributed by atoms with Gasteiger partial charge in [-0.05, 0) is 24.3 Å². The maximum absolute atomic E-state index is 13.4. The van der Waals surface area contributed by atoms with Crippen LogP contribution < -0.4 is 10.2 Å². The van der Waals surface area contributed by atoms with Crippen molar-refractivity contribution in [2.75, 3.05) is 7.11 Å². The van der Waals surface area contributed by atoms with Gasteiger partial charge in [0.1, 0.15) is 23.0 Å². The fourth-order valence-electron chi connectivity index (χ4n) is 2.21. The van der Waals surface area contributed by atoms with E-state index in [0.717, 1.165) is 24.3 Å². The Kier molecular flexibility index (Phi) is 3.36. The van der Waals surface area contributed by atoms with E-state index in [2.05, 4.69) is 0 Å². The third-order valence-electron chi connectivity index (χ3n) is 3.14. The van der Waals surface area contributed by atoms with Crippen molar-refractivity contribution in [2.24, 2.45) is 0 Å².